The van der Waals surface area contributed by atoms with E-state index >= 15 is 0 Å². The molecule has 0 aliphatic heterocycles. The molecule has 3 rings (SSSR count). The zero-order chi connectivity index (χ0) is 16.4. The summed E-state index contributed by atoms with van der Waals surface area (Å²) in [5.41, 5.74) is -0.0853. The summed E-state index contributed by atoms with van der Waals surface area (Å²) in [5, 5.41) is 3.93. The van der Waals surface area contributed by atoms with Crippen LogP contribution < -0.4 is 10.9 Å². The molecule has 0 aliphatic carbocycles. The Bertz CT molecular complexity index is 897. The average Bonchev–Trinajstić information content (AvgIpc) is 3.16. The SMILES string of the molecule is Cc1cc2c(=O)n(C)c(SCC(=O)NCc3ccco3)nc2s1. The number of aryl methyl sites for hydroxylation is 1. The highest BCUT2D eigenvalue weighted by Gasteiger charge is 2.12. The van der Waals surface area contributed by atoms with Gasteiger partial charge in [-0.15, -0.1) is 11.3 Å². The first-order valence-corrected chi connectivity index (χ1v) is 8.74. The lowest BCUT2D eigenvalue weighted by molar-refractivity contribution is -0.118. The average molecular weight is 349 g/mol. The maximum atomic E-state index is 12.3. The molecule has 0 bridgehead atoms. The first kappa shape index (κ1) is 15.8. The van der Waals surface area contributed by atoms with Crippen LogP contribution in [0.25, 0.3) is 10.2 Å². The highest BCUT2D eigenvalue weighted by molar-refractivity contribution is 7.99. The van der Waals surface area contributed by atoms with Crippen molar-refractivity contribution in [1.29, 1.82) is 0 Å². The molecule has 0 fully saturated rings. The van der Waals surface area contributed by atoms with E-state index in [1.165, 1.54) is 27.7 Å². The summed E-state index contributed by atoms with van der Waals surface area (Å²) in [6.07, 6.45) is 1.56. The van der Waals surface area contributed by atoms with Crippen LogP contribution in [0.4, 0.5) is 0 Å². The van der Waals surface area contributed by atoms with Gasteiger partial charge in [0.25, 0.3) is 5.56 Å². The largest absolute Gasteiger partial charge is 0.467 e. The molecule has 8 heteroatoms. The van der Waals surface area contributed by atoms with Gasteiger partial charge in [0, 0.05) is 11.9 Å². The van der Waals surface area contributed by atoms with Crippen LogP contribution in [0.2, 0.25) is 0 Å². The Morgan fingerprint density at radius 1 is 1.52 bits per heavy atom. The molecule has 23 heavy (non-hydrogen) atoms. The Morgan fingerprint density at radius 3 is 3.09 bits per heavy atom. The number of aromatic nitrogens is 2. The summed E-state index contributed by atoms with van der Waals surface area (Å²) in [5.74, 6) is 0.754. The number of nitrogens with one attached hydrogen (secondary N) is 1. The summed E-state index contributed by atoms with van der Waals surface area (Å²) in [4.78, 5) is 30.4. The van der Waals surface area contributed by atoms with Crippen molar-refractivity contribution < 1.29 is 9.21 Å². The van der Waals surface area contributed by atoms with E-state index in [9.17, 15) is 9.59 Å². The van der Waals surface area contributed by atoms with Crippen molar-refractivity contribution in [1.82, 2.24) is 14.9 Å². The zero-order valence-electron chi connectivity index (χ0n) is 12.7. The first-order chi connectivity index (χ1) is 11.0. The number of carbonyl (C=O) groups is 1. The summed E-state index contributed by atoms with van der Waals surface area (Å²) in [6, 6.07) is 5.42. The molecule has 1 N–H and O–H groups in total. The fourth-order valence-electron chi connectivity index (χ4n) is 2.08. The Hall–Kier alpha value is -2.06. The molecule has 0 spiro atoms. The number of thioether (sulfide) groups is 1. The van der Waals surface area contributed by atoms with Gasteiger partial charge in [-0.1, -0.05) is 11.8 Å². The van der Waals surface area contributed by atoms with Gasteiger partial charge in [-0.25, -0.2) is 4.98 Å². The summed E-state index contributed by atoms with van der Waals surface area (Å²) in [6.45, 7) is 2.29. The van der Waals surface area contributed by atoms with Gasteiger partial charge in [-0.05, 0) is 25.1 Å². The minimum Gasteiger partial charge on any atom is -0.467 e. The second kappa shape index (κ2) is 6.59. The quantitative estimate of drug-likeness (QED) is 0.565. The lowest BCUT2D eigenvalue weighted by atomic mass is 10.4. The van der Waals surface area contributed by atoms with Crippen LogP contribution >= 0.6 is 23.1 Å². The fraction of sp³-hybridized carbons (Fsp3) is 0.267. The summed E-state index contributed by atoms with van der Waals surface area (Å²) < 4.78 is 6.64. The van der Waals surface area contributed by atoms with Crippen molar-refractivity contribution in [3.8, 4) is 0 Å². The van der Waals surface area contributed by atoms with Crippen LogP contribution in [-0.2, 0) is 18.4 Å². The maximum Gasteiger partial charge on any atom is 0.262 e. The first-order valence-electron chi connectivity index (χ1n) is 6.93. The Morgan fingerprint density at radius 2 is 2.35 bits per heavy atom. The normalized spacial score (nSPS) is 11.0. The molecule has 0 unspecified atom stereocenters. The third-order valence-corrected chi connectivity index (χ3v) is 5.20. The van der Waals surface area contributed by atoms with E-state index in [0.29, 0.717) is 27.7 Å². The van der Waals surface area contributed by atoms with Gasteiger partial charge in [-0.2, -0.15) is 0 Å². The predicted octanol–water partition coefficient (Wildman–Crippen LogP) is 2.30. The predicted molar refractivity (Wildman–Crippen MR) is 90.9 cm³/mol. The van der Waals surface area contributed by atoms with Gasteiger partial charge in [0.1, 0.15) is 10.6 Å². The van der Waals surface area contributed by atoms with Crippen LogP contribution in [0.1, 0.15) is 10.6 Å². The van der Waals surface area contributed by atoms with E-state index in [4.69, 9.17) is 4.42 Å². The van der Waals surface area contributed by atoms with Crippen LogP contribution in [0, 0.1) is 6.92 Å². The topological polar surface area (TPSA) is 77.1 Å². The summed E-state index contributed by atoms with van der Waals surface area (Å²) >= 11 is 2.73. The van der Waals surface area contributed by atoms with E-state index < -0.39 is 0 Å². The Kier molecular flexibility index (Phi) is 4.53. The second-order valence-corrected chi connectivity index (χ2v) is 7.16. The van der Waals surface area contributed by atoms with Crippen molar-refractivity contribution in [2.24, 2.45) is 7.05 Å². The Balaban J connectivity index is 1.68. The molecule has 0 aromatic carbocycles. The van der Waals surface area contributed by atoms with E-state index in [1.807, 2.05) is 13.0 Å². The molecule has 0 saturated carbocycles. The smallest absolute Gasteiger partial charge is 0.262 e. The molecule has 0 atom stereocenters. The number of furan rings is 1. The third-order valence-electron chi connectivity index (χ3n) is 3.23. The number of fused-ring (bicyclic) bond motifs is 1. The van der Waals surface area contributed by atoms with E-state index in [1.54, 1.807) is 25.4 Å². The minimum atomic E-state index is -0.136. The van der Waals surface area contributed by atoms with Crippen molar-refractivity contribution in [2.75, 3.05) is 5.75 Å². The molecule has 3 aromatic heterocycles. The number of rotatable bonds is 5. The van der Waals surface area contributed by atoms with E-state index in [-0.39, 0.29) is 17.2 Å². The number of hydrogen-bond acceptors (Lipinski definition) is 6. The molecule has 0 saturated heterocycles. The lowest BCUT2D eigenvalue weighted by Gasteiger charge is -2.07. The van der Waals surface area contributed by atoms with E-state index in [2.05, 4.69) is 10.3 Å². The van der Waals surface area contributed by atoms with Crippen molar-refractivity contribution in [2.45, 2.75) is 18.6 Å². The van der Waals surface area contributed by atoms with Crippen molar-refractivity contribution in [3.05, 3.63) is 45.5 Å². The fourth-order valence-corrected chi connectivity index (χ4v) is 3.80. The van der Waals surface area contributed by atoms with Crippen LogP contribution in [0.15, 0.2) is 38.8 Å². The lowest BCUT2D eigenvalue weighted by Crippen LogP contribution is -2.25. The molecule has 0 aliphatic rings. The molecule has 120 valence electrons. The van der Waals surface area contributed by atoms with Crippen LogP contribution in [-0.4, -0.2) is 21.2 Å². The number of hydrogen-bond donors (Lipinski definition) is 1. The highest BCUT2D eigenvalue weighted by atomic mass is 32.2. The minimum absolute atomic E-state index is 0.0853. The number of thiophene rings is 1. The summed E-state index contributed by atoms with van der Waals surface area (Å²) in [7, 11) is 1.67. The van der Waals surface area contributed by atoms with Gasteiger partial charge >= 0.3 is 0 Å². The number of amides is 1. The molecule has 1 amide bonds. The Labute approximate surface area is 140 Å². The van der Waals surface area contributed by atoms with Gasteiger partial charge in [0.2, 0.25) is 5.91 Å². The molecular formula is C15H15N3O3S2. The van der Waals surface area contributed by atoms with Gasteiger partial charge in [0.15, 0.2) is 5.16 Å². The van der Waals surface area contributed by atoms with Crippen molar-refractivity contribution >= 4 is 39.2 Å². The third kappa shape index (κ3) is 3.48. The molecule has 3 heterocycles. The molecule has 3 aromatic rings. The zero-order valence-corrected chi connectivity index (χ0v) is 14.3. The van der Waals surface area contributed by atoms with E-state index in [0.717, 1.165) is 4.88 Å². The van der Waals surface area contributed by atoms with Gasteiger partial charge in [-0.3, -0.25) is 14.2 Å². The van der Waals surface area contributed by atoms with Gasteiger partial charge in [0.05, 0.1) is 23.9 Å². The number of nitrogens with zero attached hydrogens (tertiary/aromatic N) is 2. The van der Waals surface area contributed by atoms with Crippen LogP contribution in [0.5, 0.6) is 0 Å². The monoisotopic (exact) mass is 349 g/mol. The second-order valence-electron chi connectivity index (χ2n) is 4.98. The standard InChI is InChI=1S/C15H15N3O3S2/c1-9-6-11-13(23-9)17-15(18(2)14(11)20)22-8-12(19)16-7-10-4-3-5-21-10/h3-6H,7-8H2,1-2H3,(H,16,19). The molecule has 6 nitrogen and oxygen atoms in total. The van der Waals surface area contributed by atoms with Gasteiger partial charge < -0.3 is 9.73 Å². The number of carbonyl (C=O) groups excluding carboxylic acids is 1. The highest BCUT2D eigenvalue weighted by Crippen LogP contribution is 2.23. The van der Waals surface area contributed by atoms with Crippen molar-refractivity contribution in [3.63, 3.8) is 0 Å². The molecular weight excluding hydrogens is 334 g/mol. The van der Waals surface area contributed by atoms with Crippen LogP contribution in [0.3, 0.4) is 0 Å². The molecule has 0 radical (unpaired) electrons. The maximum absolute atomic E-state index is 12.3.